The maximum atomic E-state index is 12.6. The van der Waals surface area contributed by atoms with Crippen LogP contribution in [0.15, 0.2) is 17.3 Å². The Morgan fingerprint density at radius 3 is 2.62 bits per heavy atom. The number of benzene rings is 1. The van der Waals surface area contributed by atoms with Crippen LogP contribution in [0.3, 0.4) is 0 Å². The van der Waals surface area contributed by atoms with Gasteiger partial charge >= 0.3 is 0 Å². The molecule has 4 rings (SSSR count). The van der Waals surface area contributed by atoms with Crippen LogP contribution in [0.2, 0.25) is 0 Å². The van der Waals surface area contributed by atoms with Crippen molar-refractivity contribution in [3.63, 3.8) is 0 Å². The van der Waals surface area contributed by atoms with Gasteiger partial charge in [-0.25, -0.2) is 0 Å². The summed E-state index contributed by atoms with van der Waals surface area (Å²) in [6.45, 7) is 3.52. The number of hydrogen-bond donors (Lipinski definition) is 1. The number of carbonyl (C=O) groups is 2. The molecule has 0 bridgehead atoms. The normalized spacial score (nSPS) is 16.1. The second-order valence-corrected chi connectivity index (χ2v) is 8.28. The number of Topliss-reactive ketones (excluding diaryl/α,β-unsaturated/α-hetero) is 1. The fourth-order valence-corrected chi connectivity index (χ4v) is 4.71. The van der Waals surface area contributed by atoms with Crippen LogP contribution in [-0.4, -0.2) is 39.0 Å². The molecule has 0 unspecified atom stereocenters. The second kappa shape index (κ2) is 8.44. The predicted octanol–water partition coefficient (Wildman–Crippen LogP) is 3.75. The number of aryl methyl sites for hydroxylation is 1. The molecule has 1 aliphatic carbocycles. The molecule has 1 amide bonds. The molecule has 9 heteroatoms. The van der Waals surface area contributed by atoms with Crippen molar-refractivity contribution in [1.82, 2.24) is 14.8 Å². The molecule has 29 heavy (non-hydrogen) atoms. The van der Waals surface area contributed by atoms with E-state index in [-0.39, 0.29) is 24.2 Å². The zero-order chi connectivity index (χ0) is 20.4. The smallest absolute Gasteiger partial charge is 0.234 e. The van der Waals surface area contributed by atoms with Crippen molar-refractivity contribution in [2.45, 2.75) is 57.1 Å². The van der Waals surface area contributed by atoms with Crippen molar-refractivity contribution in [1.29, 1.82) is 0 Å². The van der Waals surface area contributed by atoms with Crippen LogP contribution < -0.4 is 14.8 Å². The Bertz CT molecular complexity index is 937. The molecule has 1 aromatic heterocycles. The highest BCUT2D eigenvalue weighted by Crippen LogP contribution is 2.37. The fraction of sp³-hybridized carbons (Fsp3) is 0.500. The van der Waals surface area contributed by atoms with Gasteiger partial charge in [0.25, 0.3) is 0 Å². The zero-order valence-corrected chi connectivity index (χ0v) is 17.4. The van der Waals surface area contributed by atoms with Gasteiger partial charge in [0, 0.05) is 17.7 Å². The molecule has 0 atom stereocenters. The van der Waals surface area contributed by atoms with Crippen molar-refractivity contribution in [3.05, 3.63) is 23.5 Å². The molecule has 1 aromatic carbocycles. The number of anilines is 1. The van der Waals surface area contributed by atoms with Crippen LogP contribution in [-0.2, 0) is 4.79 Å². The SMILES string of the molecule is CC(=O)c1cc2c(cc1NC(=O)CSc1nnc(C)n1C1CCCCC1)OCO2. The first-order chi connectivity index (χ1) is 14.0. The van der Waals surface area contributed by atoms with Gasteiger partial charge in [0.2, 0.25) is 12.7 Å². The van der Waals surface area contributed by atoms with E-state index in [0.717, 1.165) is 23.8 Å². The van der Waals surface area contributed by atoms with E-state index in [0.29, 0.717) is 28.8 Å². The lowest BCUT2D eigenvalue weighted by atomic mass is 9.95. The molecule has 2 heterocycles. The highest BCUT2D eigenvalue weighted by atomic mass is 32.2. The van der Waals surface area contributed by atoms with Gasteiger partial charge in [0.05, 0.1) is 11.4 Å². The van der Waals surface area contributed by atoms with E-state index in [9.17, 15) is 9.59 Å². The van der Waals surface area contributed by atoms with Crippen molar-refractivity contribution in [2.75, 3.05) is 17.9 Å². The summed E-state index contributed by atoms with van der Waals surface area (Å²) in [7, 11) is 0. The van der Waals surface area contributed by atoms with Gasteiger partial charge in [0.1, 0.15) is 5.82 Å². The Hall–Kier alpha value is -2.55. The summed E-state index contributed by atoms with van der Waals surface area (Å²) in [5.41, 5.74) is 0.825. The van der Waals surface area contributed by atoms with Crippen LogP contribution >= 0.6 is 11.8 Å². The summed E-state index contributed by atoms with van der Waals surface area (Å²) >= 11 is 1.37. The van der Waals surface area contributed by atoms with E-state index in [2.05, 4.69) is 20.1 Å². The minimum Gasteiger partial charge on any atom is -0.454 e. The predicted molar refractivity (Wildman–Crippen MR) is 109 cm³/mol. The third kappa shape index (κ3) is 4.24. The van der Waals surface area contributed by atoms with E-state index in [4.69, 9.17) is 9.47 Å². The molecule has 1 aliphatic heterocycles. The number of hydrogen-bond acceptors (Lipinski definition) is 7. The fourth-order valence-electron chi connectivity index (χ4n) is 3.86. The lowest BCUT2D eigenvalue weighted by molar-refractivity contribution is -0.113. The van der Waals surface area contributed by atoms with Crippen LogP contribution in [0.5, 0.6) is 11.5 Å². The Labute approximate surface area is 173 Å². The molecular weight excluding hydrogens is 392 g/mol. The van der Waals surface area contributed by atoms with Crippen molar-refractivity contribution in [3.8, 4) is 11.5 Å². The first-order valence-electron chi connectivity index (χ1n) is 9.81. The van der Waals surface area contributed by atoms with E-state index in [1.807, 2.05) is 6.92 Å². The molecule has 1 saturated carbocycles. The van der Waals surface area contributed by atoms with Gasteiger partial charge in [-0.3, -0.25) is 9.59 Å². The van der Waals surface area contributed by atoms with E-state index >= 15 is 0 Å². The number of amides is 1. The molecular formula is C20H24N4O4S. The Morgan fingerprint density at radius 2 is 1.90 bits per heavy atom. The highest BCUT2D eigenvalue weighted by molar-refractivity contribution is 7.99. The quantitative estimate of drug-likeness (QED) is 0.566. The number of thioether (sulfide) groups is 1. The monoisotopic (exact) mass is 416 g/mol. The van der Waals surface area contributed by atoms with Gasteiger partial charge in [-0.2, -0.15) is 0 Å². The second-order valence-electron chi connectivity index (χ2n) is 7.34. The largest absolute Gasteiger partial charge is 0.454 e. The molecule has 2 aromatic rings. The van der Waals surface area contributed by atoms with Crippen LogP contribution in [0.1, 0.15) is 61.3 Å². The van der Waals surface area contributed by atoms with Gasteiger partial charge in [-0.15, -0.1) is 10.2 Å². The number of ether oxygens (including phenoxy) is 2. The van der Waals surface area contributed by atoms with Gasteiger partial charge in [-0.1, -0.05) is 31.0 Å². The summed E-state index contributed by atoms with van der Waals surface area (Å²) in [6.07, 6.45) is 5.95. The zero-order valence-electron chi connectivity index (χ0n) is 16.6. The molecule has 0 saturated heterocycles. The highest BCUT2D eigenvalue weighted by Gasteiger charge is 2.23. The van der Waals surface area contributed by atoms with Gasteiger partial charge in [-0.05, 0) is 32.8 Å². The average molecular weight is 417 g/mol. The molecule has 0 radical (unpaired) electrons. The summed E-state index contributed by atoms with van der Waals surface area (Å²) < 4.78 is 12.8. The number of aromatic nitrogens is 3. The van der Waals surface area contributed by atoms with Crippen molar-refractivity contribution >= 4 is 29.1 Å². The van der Waals surface area contributed by atoms with E-state index < -0.39 is 0 Å². The first-order valence-corrected chi connectivity index (χ1v) is 10.8. The Balaban J connectivity index is 1.45. The first kappa shape index (κ1) is 19.8. The molecule has 1 N–H and O–H groups in total. The van der Waals surface area contributed by atoms with Crippen LogP contribution in [0.4, 0.5) is 5.69 Å². The number of nitrogens with one attached hydrogen (secondary N) is 1. The summed E-state index contributed by atoms with van der Waals surface area (Å²) in [4.78, 5) is 24.6. The molecule has 0 spiro atoms. The number of fused-ring (bicyclic) bond motifs is 1. The van der Waals surface area contributed by atoms with Crippen LogP contribution in [0, 0.1) is 6.92 Å². The molecule has 2 aliphatic rings. The maximum absolute atomic E-state index is 12.6. The topological polar surface area (TPSA) is 95.3 Å². The van der Waals surface area contributed by atoms with Crippen molar-refractivity contribution < 1.29 is 19.1 Å². The Kier molecular flexibility index (Phi) is 5.75. The number of carbonyl (C=O) groups excluding carboxylic acids is 2. The minimum atomic E-state index is -0.216. The van der Waals surface area contributed by atoms with Gasteiger partial charge < -0.3 is 19.4 Å². The minimum absolute atomic E-state index is 0.107. The molecule has 8 nitrogen and oxygen atoms in total. The number of ketones is 1. The summed E-state index contributed by atoms with van der Waals surface area (Å²) in [5.74, 6) is 1.72. The average Bonchev–Trinajstić information content (AvgIpc) is 3.32. The van der Waals surface area contributed by atoms with Gasteiger partial charge in [0.15, 0.2) is 22.4 Å². The maximum Gasteiger partial charge on any atom is 0.234 e. The Morgan fingerprint density at radius 1 is 1.17 bits per heavy atom. The van der Waals surface area contributed by atoms with E-state index in [1.54, 1.807) is 12.1 Å². The lowest BCUT2D eigenvalue weighted by Gasteiger charge is -2.24. The number of nitrogens with zero attached hydrogens (tertiary/aromatic N) is 3. The molecule has 1 fully saturated rings. The summed E-state index contributed by atoms with van der Waals surface area (Å²) in [6, 6.07) is 3.65. The number of rotatable bonds is 6. The van der Waals surface area contributed by atoms with Crippen molar-refractivity contribution in [2.24, 2.45) is 0 Å². The summed E-state index contributed by atoms with van der Waals surface area (Å²) in [5, 5.41) is 12.1. The van der Waals surface area contributed by atoms with Crippen LogP contribution in [0.25, 0.3) is 0 Å². The molecule has 154 valence electrons. The van der Waals surface area contributed by atoms with E-state index in [1.165, 1.54) is 37.9 Å². The lowest BCUT2D eigenvalue weighted by Crippen LogP contribution is -2.18. The third-order valence-corrected chi connectivity index (χ3v) is 6.22. The third-order valence-electron chi connectivity index (χ3n) is 5.27. The standard InChI is InChI=1S/C20H24N4O4S/c1-12(25)15-8-17-18(28-11-27-17)9-16(15)21-19(26)10-29-20-23-22-13(2)24(20)14-6-4-3-5-7-14/h8-9,14H,3-7,10-11H2,1-2H3,(H,21,26).